The summed E-state index contributed by atoms with van der Waals surface area (Å²) in [7, 11) is -3.98. The Bertz CT molecular complexity index is 1050. The molecule has 9 heteroatoms. The maximum Gasteiger partial charge on any atom is 0.264 e. The van der Waals surface area contributed by atoms with Crippen LogP contribution in [0.15, 0.2) is 41.6 Å². The van der Waals surface area contributed by atoms with E-state index in [1.54, 1.807) is 12.1 Å². The third-order valence-electron chi connectivity index (χ3n) is 7.52. The summed E-state index contributed by atoms with van der Waals surface area (Å²) in [5, 5.41) is 5.67. The predicted octanol–water partition coefficient (Wildman–Crippen LogP) is 2.50. The molecular weight excluding hydrogens is 452 g/mol. The van der Waals surface area contributed by atoms with Crippen molar-refractivity contribution in [3.8, 4) is 0 Å². The Balaban J connectivity index is 1.44. The van der Waals surface area contributed by atoms with Crippen molar-refractivity contribution in [2.75, 3.05) is 13.1 Å². The Morgan fingerprint density at radius 3 is 2.47 bits per heavy atom. The van der Waals surface area contributed by atoms with Crippen molar-refractivity contribution in [2.45, 2.75) is 82.3 Å². The Morgan fingerprint density at radius 1 is 1.15 bits per heavy atom. The average Bonchev–Trinajstić information content (AvgIpc) is 3.31. The number of rotatable bonds is 6. The average molecular weight is 489 g/mol. The number of benzene rings is 1. The number of likely N-dealkylation sites (tertiary alicyclic amines) is 1. The number of carbonyl (C=O) groups excluding carboxylic acids is 2. The maximum absolute atomic E-state index is 13.2. The molecule has 1 aromatic rings. The predicted molar refractivity (Wildman–Crippen MR) is 130 cm³/mol. The molecule has 8 nitrogen and oxygen atoms in total. The second-order valence-electron chi connectivity index (χ2n) is 10.5. The number of hydrogen-bond acceptors (Lipinski definition) is 5. The van der Waals surface area contributed by atoms with Gasteiger partial charge >= 0.3 is 0 Å². The zero-order valence-corrected chi connectivity index (χ0v) is 21.1. The van der Waals surface area contributed by atoms with Crippen molar-refractivity contribution in [3.63, 3.8) is 0 Å². The largest absolute Gasteiger partial charge is 0.353 e. The number of sulfonamides is 1. The molecule has 0 unspecified atom stereocenters. The highest BCUT2D eigenvalue weighted by Gasteiger charge is 2.41. The van der Waals surface area contributed by atoms with E-state index in [2.05, 4.69) is 29.4 Å². The summed E-state index contributed by atoms with van der Waals surface area (Å²) in [5.41, 5.74) is 0.854. The molecule has 2 N–H and O–H groups in total. The van der Waals surface area contributed by atoms with Gasteiger partial charge in [0.2, 0.25) is 11.8 Å². The van der Waals surface area contributed by atoms with Crippen molar-refractivity contribution in [1.82, 2.24) is 19.8 Å². The third kappa shape index (κ3) is 5.15. The van der Waals surface area contributed by atoms with Gasteiger partial charge in [-0.05, 0) is 69.7 Å². The summed E-state index contributed by atoms with van der Waals surface area (Å²) in [6, 6.07) is 5.86. The first kappa shape index (κ1) is 24.7. The molecule has 1 aliphatic carbocycles. The van der Waals surface area contributed by atoms with Gasteiger partial charge in [-0.1, -0.05) is 31.5 Å². The summed E-state index contributed by atoms with van der Waals surface area (Å²) >= 11 is 0. The van der Waals surface area contributed by atoms with E-state index in [4.69, 9.17) is 0 Å². The molecule has 34 heavy (non-hydrogen) atoms. The van der Waals surface area contributed by atoms with E-state index >= 15 is 0 Å². The van der Waals surface area contributed by atoms with Crippen LogP contribution in [0.25, 0.3) is 0 Å². The fraction of sp³-hybridized carbons (Fsp3) is 0.600. The van der Waals surface area contributed by atoms with Crippen molar-refractivity contribution in [3.05, 3.63) is 42.2 Å². The molecular formula is C25H36N4O4S. The molecule has 2 heterocycles. The molecule has 3 atom stereocenters. The van der Waals surface area contributed by atoms with Crippen LogP contribution in [0.5, 0.6) is 0 Å². The summed E-state index contributed by atoms with van der Waals surface area (Å²) < 4.78 is 27.5. The first-order valence-corrected chi connectivity index (χ1v) is 13.6. The van der Waals surface area contributed by atoms with Gasteiger partial charge in [-0.15, -0.1) is 0 Å². The van der Waals surface area contributed by atoms with E-state index in [1.165, 1.54) is 37.4 Å². The van der Waals surface area contributed by atoms with Crippen LogP contribution in [0.4, 0.5) is 0 Å². The number of aryl methyl sites for hydroxylation is 1. The molecule has 2 aliphatic heterocycles. The number of carbonyl (C=O) groups is 2. The van der Waals surface area contributed by atoms with Gasteiger partial charge in [-0.25, -0.2) is 8.42 Å². The summed E-state index contributed by atoms with van der Waals surface area (Å²) in [4.78, 5) is 28.3. The summed E-state index contributed by atoms with van der Waals surface area (Å²) in [5.74, 6) is -0.817. The topological polar surface area (TPSA) is 98.8 Å². The molecule has 2 amide bonds. The van der Waals surface area contributed by atoms with E-state index in [-0.39, 0.29) is 28.7 Å². The van der Waals surface area contributed by atoms with Crippen LogP contribution in [0.3, 0.4) is 0 Å². The van der Waals surface area contributed by atoms with E-state index in [0.29, 0.717) is 6.04 Å². The Hall–Kier alpha value is -2.39. The normalized spacial score (nSPS) is 27.4. The maximum atomic E-state index is 13.2. The van der Waals surface area contributed by atoms with Gasteiger partial charge in [0.15, 0.2) is 0 Å². The minimum absolute atomic E-state index is 0.0109. The first-order chi connectivity index (χ1) is 16.1. The number of amides is 2. The van der Waals surface area contributed by atoms with E-state index in [0.717, 1.165) is 42.2 Å². The van der Waals surface area contributed by atoms with Crippen LogP contribution in [0.2, 0.25) is 0 Å². The summed E-state index contributed by atoms with van der Waals surface area (Å²) in [6.45, 7) is 8.56. The molecule has 186 valence electrons. The van der Waals surface area contributed by atoms with Gasteiger partial charge in [0.25, 0.3) is 10.0 Å². The van der Waals surface area contributed by atoms with Crippen LogP contribution < -0.4 is 10.6 Å². The van der Waals surface area contributed by atoms with E-state index in [1.807, 2.05) is 6.92 Å². The lowest BCUT2D eigenvalue weighted by molar-refractivity contribution is -0.130. The van der Waals surface area contributed by atoms with Crippen molar-refractivity contribution < 1.29 is 18.0 Å². The van der Waals surface area contributed by atoms with Crippen LogP contribution in [-0.2, 0) is 19.6 Å². The molecule has 3 aliphatic rings. The lowest BCUT2D eigenvalue weighted by Crippen LogP contribution is -2.55. The fourth-order valence-electron chi connectivity index (χ4n) is 5.49. The number of nitrogens with zero attached hydrogens (tertiary/aromatic N) is 2. The molecule has 0 spiro atoms. The van der Waals surface area contributed by atoms with Crippen LogP contribution in [0, 0.1) is 12.3 Å². The zero-order chi connectivity index (χ0) is 24.5. The molecule has 1 saturated carbocycles. The highest BCUT2D eigenvalue weighted by Crippen LogP contribution is 2.39. The van der Waals surface area contributed by atoms with Gasteiger partial charge in [0.1, 0.15) is 6.04 Å². The lowest BCUT2D eigenvalue weighted by Gasteiger charge is -2.45. The Kier molecular flexibility index (Phi) is 7.05. The second kappa shape index (κ2) is 9.70. The van der Waals surface area contributed by atoms with E-state index < -0.39 is 22.0 Å². The fourth-order valence-corrected chi connectivity index (χ4v) is 6.94. The van der Waals surface area contributed by atoms with Crippen LogP contribution >= 0.6 is 0 Å². The summed E-state index contributed by atoms with van der Waals surface area (Å²) in [6.07, 6.45) is 7.83. The van der Waals surface area contributed by atoms with Crippen molar-refractivity contribution in [2.24, 2.45) is 5.41 Å². The molecule has 1 aromatic carbocycles. The lowest BCUT2D eigenvalue weighted by atomic mass is 9.70. The highest BCUT2D eigenvalue weighted by atomic mass is 32.2. The Labute approximate surface area is 202 Å². The van der Waals surface area contributed by atoms with Crippen LogP contribution in [-0.4, -0.2) is 60.7 Å². The molecule has 0 radical (unpaired) electrons. The first-order valence-electron chi connectivity index (χ1n) is 12.2. The minimum Gasteiger partial charge on any atom is -0.353 e. The van der Waals surface area contributed by atoms with Gasteiger partial charge in [-0.3, -0.25) is 13.9 Å². The molecule has 4 rings (SSSR count). The van der Waals surface area contributed by atoms with Gasteiger partial charge < -0.3 is 15.5 Å². The molecule has 1 saturated heterocycles. The standard InChI is InChI=1S/C25H36N4O4S/c1-18-6-9-20(10-7-18)34(32,33)29-15-12-26-24(31)21(29)16-23(30)27-22-11-8-19(17-25(22,2)3)28-13-4-5-14-28/h6-7,9-10,12,15,19,21-22H,4-5,8,11,13-14,16-17H2,1-3H3,(H,26,31)(H,27,30)/t19-,21-,22-/m1/s1. The quantitative estimate of drug-likeness (QED) is 0.641. The number of nitrogens with one attached hydrogen (secondary N) is 2. The van der Waals surface area contributed by atoms with Gasteiger partial charge in [0, 0.05) is 24.5 Å². The molecule has 0 aromatic heterocycles. The third-order valence-corrected chi connectivity index (χ3v) is 9.32. The van der Waals surface area contributed by atoms with Crippen molar-refractivity contribution in [1.29, 1.82) is 0 Å². The van der Waals surface area contributed by atoms with Crippen molar-refractivity contribution >= 4 is 21.8 Å². The van der Waals surface area contributed by atoms with Crippen LogP contribution in [0.1, 0.15) is 57.9 Å². The van der Waals surface area contributed by atoms with Gasteiger partial charge in [-0.2, -0.15) is 0 Å². The number of hydrogen-bond donors (Lipinski definition) is 2. The van der Waals surface area contributed by atoms with E-state index in [9.17, 15) is 18.0 Å². The monoisotopic (exact) mass is 488 g/mol. The smallest absolute Gasteiger partial charge is 0.264 e. The SMILES string of the molecule is Cc1ccc(S(=O)(=O)N2C=CNC(=O)[C@H]2CC(=O)N[C@@H]2CC[C@@H](N3CCCC3)CC2(C)C)cc1. The van der Waals surface area contributed by atoms with Gasteiger partial charge in [0.05, 0.1) is 11.3 Å². The molecule has 2 fully saturated rings. The molecule has 0 bridgehead atoms. The minimum atomic E-state index is -3.98. The zero-order valence-electron chi connectivity index (χ0n) is 20.3. The highest BCUT2D eigenvalue weighted by molar-refractivity contribution is 7.89. The Morgan fingerprint density at radius 2 is 1.82 bits per heavy atom. The second-order valence-corrected chi connectivity index (χ2v) is 12.3.